The molecule has 2 aromatic heterocycles. The molecule has 6 aliphatic rings. The average Bonchev–Trinajstić information content (AvgIpc) is 3.77. The van der Waals surface area contributed by atoms with Crippen LogP contribution in [0.4, 0.5) is 11.5 Å². The van der Waals surface area contributed by atoms with Crippen LogP contribution in [0.15, 0.2) is 79.1 Å². The van der Waals surface area contributed by atoms with Crippen LogP contribution in [0, 0.1) is 11.3 Å². The van der Waals surface area contributed by atoms with Gasteiger partial charge in [0.05, 0.1) is 22.6 Å². The Morgan fingerprint density at radius 1 is 0.790 bits per heavy atom. The number of ether oxygens (including phenoxy) is 1. The molecule has 5 aliphatic heterocycles. The number of nitrogens with two attached hydrogens (primary N) is 1. The number of imide groups is 2. The average molecular weight is 835 g/mol. The van der Waals surface area contributed by atoms with Crippen LogP contribution in [0.3, 0.4) is 0 Å². The molecule has 15 heteroatoms. The van der Waals surface area contributed by atoms with E-state index in [-0.39, 0.29) is 24.8 Å². The predicted molar refractivity (Wildman–Crippen MR) is 231 cm³/mol. The van der Waals surface area contributed by atoms with Gasteiger partial charge in [-0.25, -0.2) is 14.6 Å². The molecule has 0 bridgehead atoms. The van der Waals surface area contributed by atoms with Crippen molar-refractivity contribution in [1.29, 1.82) is 0 Å². The first-order valence-corrected chi connectivity index (χ1v) is 22.1. The van der Waals surface area contributed by atoms with E-state index in [1.165, 1.54) is 45.1 Å². The minimum Gasteiger partial charge on any atom is -0.457 e. The predicted octanol–water partition coefficient (Wildman–Crippen LogP) is 5.29. The van der Waals surface area contributed by atoms with Gasteiger partial charge in [0, 0.05) is 75.4 Å². The Hall–Kier alpha value is -6.19. The summed E-state index contributed by atoms with van der Waals surface area (Å²) in [4.78, 5) is 68.2. The number of carbonyl (C=O) groups is 4. The van der Waals surface area contributed by atoms with Gasteiger partial charge in [0.25, 0.3) is 11.8 Å². The van der Waals surface area contributed by atoms with Gasteiger partial charge >= 0.3 is 0 Å². The molecule has 3 N–H and O–H groups in total. The van der Waals surface area contributed by atoms with E-state index in [9.17, 15) is 19.2 Å². The number of hydrogen-bond acceptors (Lipinski definition) is 12. The van der Waals surface area contributed by atoms with Crippen LogP contribution in [0.2, 0.25) is 0 Å². The maximum atomic E-state index is 13.3. The van der Waals surface area contributed by atoms with E-state index in [4.69, 9.17) is 15.6 Å². The van der Waals surface area contributed by atoms with Crippen molar-refractivity contribution in [2.45, 2.75) is 69.5 Å². The van der Waals surface area contributed by atoms with Crippen LogP contribution < -0.4 is 20.7 Å². The molecule has 3 aromatic carbocycles. The number of fused-ring (bicyclic) bond motifs is 2. The molecule has 4 amide bonds. The second-order valence-electron chi connectivity index (χ2n) is 18.3. The number of piperidine rings is 2. The number of benzene rings is 3. The number of nitrogens with zero attached hydrogens (tertiary/aromatic N) is 8. The fourth-order valence-electron chi connectivity index (χ4n) is 11.1. The Kier molecular flexibility index (Phi) is 9.56. The zero-order valence-electron chi connectivity index (χ0n) is 34.6. The lowest BCUT2D eigenvalue weighted by atomic mass is 9.67. The van der Waals surface area contributed by atoms with E-state index in [2.05, 4.69) is 34.7 Å². The van der Waals surface area contributed by atoms with Gasteiger partial charge in [-0.05, 0) is 105 Å². The highest BCUT2D eigenvalue weighted by Crippen LogP contribution is 2.46. The van der Waals surface area contributed by atoms with Gasteiger partial charge < -0.3 is 25.2 Å². The Labute approximate surface area is 359 Å². The second kappa shape index (κ2) is 15.3. The molecule has 1 aliphatic carbocycles. The van der Waals surface area contributed by atoms with Crippen molar-refractivity contribution < 1.29 is 23.9 Å². The number of nitrogen functional groups attached to an aromatic ring is 1. The number of para-hydroxylation sites is 1. The molecule has 1 saturated carbocycles. The number of amides is 4. The van der Waals surface area contributed by atoms with Crippen molar-refractivity contribution in [2.24, 2.45) is 11.3 Å². The first kappa shape index (κ1) is 38.7. The van der Waals surface area contributed by atoms with Crippen LogP contribution in [-0.2, 0) is 9.59 Å². The molecular formula is C47H50N10O5. The normalized spacial score (nSPS) is 22.5. The van der Waals surface area contributed by atoms with E-state index in [1.54, 1.807) is 12.1 Å². The minimum absolute atomic E-state index is 0.106. The maximum Gasteiger partial charge on any atom is 0.262 e. The van der Waals surface area contributed by atoms with Gasteiger partial charge in [0.1, 0.15) is 35.4 Å². The standard InChI is InChI=1S/C47H50N10O5/c48-42-40-41(30-6-9-35(10-7-30)62-34-4-2-1-3-5-34)52-57(43(40)50-28-49-42)32-16-20-54(21-17-32)31-14-18-47(19-15-31)26-53(27-47)23-29-24-55(25-29)33-8-11-36-37(22-33)46(61)56(45(36)60)38-12-13-39(58)51-44(38)59/h1-11,22,28-29,31-32,38H,12-21,23-27H2,(H2,48,49,50)(H,51,58,59). The summed E-state index contributed by atoms with van der Waals surface area (Å²) < 4.78 is 8.12. The fraction of sp³-hybridized carbons (Fsp3) is 0.426. The summed E-state index contributed by atoms with van der Waals surface area (Å²) >= 11 is 0. The monoisotopic (exact) mass is 834 g/mol. The van der Waals surface area contributed by atoms with Crippen LogP contribution in [0.1, 0.15) is 78.1 Å². The molecule has 62 heavy (non-hydrogen) atoms. The molecule has 5 fully saturated rings. The molecule has 7 heterocycles. The Morgan fingerprint density at radius 2 is 1.52 bits per heavy atom. The fourth-order valence-corrected chi connectivity index (χ4v) is 11.1. The lowest BCUT2D eigenvalue weighted by Crippen LogP contribution is -2.62. The van der Waals surface area contributed by atoms with Crippen LogP contribution in [0.5, 0.6) is 11.5 Å². The van der Waals surface area contributed by atoms with Gasteiger partial charge in [-0.2, -0.15) is 5.10 Å². The molecule has 11 rings (SSSR count). The van der Waals surface area contributed by atoms with Crippen molar-refractivity contribution in [2.75, 3.05) is 56.4 Å². The topological polar surface area (TPSA) is 172 Å². The molecule has 15 nitrogen and oxygen atoms in total. The van der Waals surface area contributed by atoms with E-state index < -0.39 is 23.8 Å². The van der Waals surface area contributed by atoms with Gasteiger partial charge in [-0.15, -0.1) is 0 Å². The maximum absolute atomic E-state index is 13.3. The molecule has 318 valence electrons. The van der Waals surface area contributed by atoms with Gasteiger partial charge in [0.15, 0.2) is 5.65 Å². The molecule has 5 aromatic rings. The van der Waals surface area contributed by atoms with Gasteiger partial charge in [0.2, 0.25) is 11.8 Å². The van der Waals surface area contributed by atoms with E-state index in [0.717, 1.165) is 89.9 Å². The Bertz CT molecular complexity index is 2570. The largest absolute Gasteiger partial charge is 0.457 e. The molecule has 1 atom stereocenters. The van der Waals surface area contributed by atoms with Crippen molar-refractivity contribution in [3.8, 4) is 22.8 Å². The third-order valence-electron chi connectivity index (χ3n) is 14.4. The van der Waals surface area contributed by atoms with Crippen molar-refractivity contribution in [3.63, 3.8) is 0 Å². The minimum atomic E-state index is -0.955. The molecule has 1 spiro atoms. The SMILES string of the molecule is Nc1ncnc2c1c(-c1ccc(Oc3ccccc3)cc1)nn2C1CCN(C2CCC3(CC2)CN(CC2CN(c4ccc5c(c4)C(=O)N(C4CCC(=O)NC4=O)C5=O)C2)C3)CC1. The summed E-state index contributed by atoms with van der Waals surface area (Å²) in [6.07, 6.45) is 8.88. The number of likely N-dealkylation sites (tertiary alicyclic amines) is 2. The third-order valence-corrected chi connectivity index (χ3v) is 14.4. The van der Waals surface area contributed by atoms with Gasteiger partial charge in [-0.3, -0.25) is 29.4 Å². The lowest BCUT2D eigenvalue weighted by molar-refractivity contribution is -0.136. The Balaban J connectivity index is 0.649. The number of anilines is 2. The van der Waals surface area contributed by atoms with Crippen LogP contribution >= 0.6 is 0 Å². The zero-order valence-corrected chi connectivity index (χ0v) is 34.6. The zero-order chi connectivity index (χ0) is 42.1. The number of carbonyl (C=O) groups excluding carboxylic acids is 4. The van der Waals surface area contributed by atoms with Crippen LogP contribution in [0.25, 0.3) is 22.3 Å². The molecular weight excluding hydrogens is 785 g/mol. The summed E-state index contributed by atoms with van der Waals surface area (Å²) in [5.74, 6) is 0.637. The quantitative estimate of drug-likeness (QED) is 0.184. The summed E-state index contributed by atoms with van der Waals surface area (Å²) in [7, 11) is 0. The first-order valence-electron chi connectivity index (χ1n) is 22.1. The number of nitrogens with one attached hydrogen (secondary N) is 1. The molecule has 4 saturated heterocycles. The van der Waals surface area contributed by atoms with Crippen molar-refractivity contribution in [1.82, 2.24) is 39.8 Å². The van der Waals surface area contributed by atoms with Crippen molar-refractivity contribution >= 4 is 46.2 Å². The molecule has 0 radical (unpaired) electrons. The van der Waals surface area contributed by atoms with Crippen LogP contribution in [-0.4, -0.2) is 116 Å². The highest BCUT2D eigenvalue weighted by molar-refractivity contribution is 6.23. The third kappa shape index (κ3) is 6.87. The Morgan fingerprint density at radius 3 is 2.26 bits per heavy atom. The lowest BCUT2D eigenvalue weighted by Gasteiger charge is -2.56. The van der Waals surface area contributed by atoms with E-state index in [0.29, 0.717) is 34.3 Å². The number of hydrogen-bond donors (Lipinski definition) is 2. The number of rotatable bonds is 9. The summed E-state index contributed by atoms with van der Waals surface area (Å²) in [5, 5.41) is 8.21. The second-order valence-corrected chi connectivity index (χ2v) is 18.3. The highest BCUT2D eigenvalue weighted by Gasteiger charge is 2.48. The summed E-state index contributed by atoms with van der Waals surface area (Å²) in [5.41, 5.74) is 11.0. The summed E-state index contributed by atoms with van der Waals surface area (Å²) in [6.45, 7) is 7.33. The van der Waals surface area contributed by atoms with Gasteiger partial charge in [-0.1, -0.05) is 18.2 Å². The summed E-state index contributed by atoms with van der Waals surface area (Å²) in [6, 6.07) is 23.0. The highest BCUT2D eigenvalue weighted by atomic mass is 16.5. The molecule has 1 unspecified atom stereocenters. The van der Waals surface area contributed by atoms with Crippen molar-refractivity contribution in [3.05, 3.63) is 90.3 Å². The smallest absolute Gasteiger partial charge is 0.262 e. The number of aromatic nitrogens is 4. The van der Waals surface area contributed by atoms with E-state index in [1.807, 2.05) is 60.7 Å². The van der Waals surface area contributed by atoms with E-state index >= 15 is 0 Å². The first-order chi connectivity index (χ1) is 30.2.